The molecule has 0 saturated carbocycles. The van der Waals surface area contributed by atoms with E-state index in [4.69, 9.17) is 0 Å². The van der Waals surface area contributed by atoms with Crippen LogP contribution in [0.3, 0.4) is 0 Å². The molecule has 1 heterocycles. The SMILES string of the molecule is CCc1cccc2c1N(C)CCCC2=O. The first kappa shape index (κ1) is 10.2. The number of hydrogen-bond donors (Lipinski definition) is 0. The highest BCUT2D eigenvalue weighted by atomic mass is 16.1. The van der Waals surface area contributed by atoms with Gasteiger partial charge >= 0.3 is 0 Å². The van der Waals surface area contributed by atoms with Gasteiger partial charge in [0.05, 0.1) is 5.69 Å². The first-order valence-electron chi connectivity index (χ1n) is 5.60. The molecule has 0 fully saturated rings. The molecule has 80 valence electrons. The molecular formula is C13H17NO. The van der Waals surface area contributed by atoms with Crippen molar-refractivity contribution < 1.29 is 4.79 Å². The Bertz CT molecular complexity index is 384. The van der Waals surface area contributed by atoms with Crippen molar-refractivity contribution in [3.8, 4) is 0 Å². The van der Waals surface area contributed by atoms with Crippen LogP contribution in [0.4, 0.5) is 5.69 Å². The maximum Gasteiger partial charge on any atom is 0.165 e. The van der Waals surface area contributed by atoms with Gasteiger partial charge in [0.2, 0.25) is 0 Å². The van der Waals surface area contributed by atoms with E-state index in [1.807, 2.05) is 12.1 Å². The molecule has 0 bridgehead atoms. The number of Topliss-reactive ketones (excluding diaryl/α,β-unsaturated/α-hetero) is 1. The molecule has 1 aromatic rings. The van der Waals surface area contributed by atoms with Crippen LogP contribution < -0.4 is 4.90 Å². The Balaban J connectivity index is 2.58. The van der Waals surface area contributed by atoms with Gasteiger partial charge in [-0.05, 0) is 24.5 Å². The maximum absolute atomic E-state index is 11.9. The number of fused-ring (bicyclic) bond motifs is 1. The third kappa shape index (κ3) is 1.76. The molecule has 0 atom stereocenters. The number of nitrogens with zero attached hydrogens (tertiary/aromatic N) is 1. The fourth-order valence-electron chi connectivity index (χ4n) is 2.28. The lowest BCUT2D eigenvalue weighted by Crippen LogP contribution is -2.19. The fourth-order valence-corrected chi connectivity index (χ4v) is 2.28. The van der Waals surface area contributed by atoms with Gasteiger partial charge in [0.1, 0.15) is 0 Å². The van der Waals surface area contributed by atoms with Gasteiger partial charge in [-0.1, -0.05) is 19.1 Å². The van der Waals surface area contributed by atoms with Crippen molar-refractivity contribution >= 4 is 11.5 Å². The third-order valence-corrected chi connectivity index (χ3v) is 3.08. The Morgan fingerprint density at radius 2 is 2.20 bits per heavy atom. The smallest absolute Gasteiger partial charge is 0.165 e. The standard InChI is InChI=1S/C13H17NO/c1-3-10-6-4-7-11-12(15)8-5-9-14(2)13(10)11/h4,6-7H,3,5,8-9H2,1-2H3. The zero-order valence-electron chi connectivity index (χ0n) is 9.42. The summed E-state index contributed by atoms with van der Waals surface area (Å²) in [6.45, 7) is 3.12. The van der Waals surface area contributed by atoms with Crippen molar-refractivity contribution in [1.29, 1.82) is 0 Å². The monoisotopic (exact) mass is 203 g/mol. The highest BCUT2D eigenvalue weighted by Crippen LogP contribution is 2.29. The van der Waals surface area contributed by atoms with E-state index >= 15 is 0 Å². The fraction of sp³-hybridized carbons (Fsp3) is 0.462. The third-order valence-electron chi connectivity index (χ3n) is 3.08. The van der Waals surface area contributed by atoms with Crippen LogP contribution in [0.25, 0.3) is 0 Å². The van der Waals surface area contributed by atoms with E-state index in [2.05, 4.69) is 24.9 Å². The molecule has 0 saturated heterocycles. The van der Waals surface area contributed by atoms with Gasteiger partial charge in [-0.25, -0.2) is 0 Å². The summed E-state index contributed by atoms with van der Waals surface area (Å²) in [7, 11) is 2.08. The lowest BCUT2D eigenvalue weighted by atomic mass is 10.0. The summed E-state index contributed by atoms with van der Waals surface area (Å²) < 4.78 is 0. The molecule has 0 radical (unpaired) electrons. The minimum absolute atomic E-state index is 0.296. The predicted molar refractivity (Wildman–Crippen MR) is 62.7 cm³/mol. The number of carbonyl (C=O) groups is 1. The van der Waals surface area contributed by atoms with Gasteiger partial charge in [-0.15, -0.1) is 0 Å². The maximum atomic E-state index is 11.9. The minimum Gasteiger partial charge on any atom is -0.374 e. The zero-order chi connectivity index (χ0) is 10.8. The molecule has 0 unspecified atom stereocenters. The number of ketones is 1. The number of carbonyl (C=O) groups excluding carboxylic acids is 1. The Morgan fingerprint density at radius 3 is 2.93 bits per heavy atom. The van der Waals surface area contributed by atoms with Gasteiger partial charge in [0.15, 0.2) is 5.78 Å². The molecule has 0 spiro atoms. The van der Waals surface area contributed by atoms with Crippen molar-refractivity contribution in [3.05, 3.63) is 29.3 Å². The molecule has 0 N–H and O–H groups in total. The van der Waals surface area contributed by atoms with Crippen LogP contribution in [-0.2, 0) is 6.42 Å². The van der Waals surface area contributed by atoms with Crippen LogP contribution in [0, 0.1) is 0 Å². The molecule has 1 aliphatic rings. The summed E-state index contributed by atoms with van der Waals surface area (Å²) in [5.74, 6) is 0.296. The van der Waals surface area contributed by atoms with Crippen molar-refractivity contribution in [2.24, 2.45) is 0 Å². The average molecular weight is 203 g/mol. The molecule has 2 rings (SSSR count). The molecule has 2 heteroatoms. The average Bonchev–Trinajstić information content (AvgIpc) is 2.40. The normalized spacial score (nSPS) is 16.1. The Labute approximate surface area is 90.9 Å². The molecule has 1 aliphatic heterocycles. The van der Waals surface area contributed by atoms with E-state index in [0.29, 0.717) is 12.2 Å². The number of anilines is 1. The number of para-hydroxylation sites is 1. The van der Waals surface area contributed by atoms with E-state index in [1.54, 1.807) is 0 Å². The molecule has 1 aromatic carbocycles. The van der Waals surface area contributed by atoms with Crippen LogP contribution in [0.15, 0.2) is 18.2 Å². The first-order valence-corrected chi connectivity index (χ1v) is 5.60. The summed E-state index contributed by atoms with van der Waals surface area (Å²) in [5.41, 5.74) is 3.35. The number of rotatable bonds is 1. The van der Waals surface area contributed by atoms with E-state index in [9.17, 15) is 4.79 Å². The molecule has 0 amide bonds. The zero-order valence-corrected chi connectivity index (χ0v) is 9.42. The second kappa shape index (κ2) is 4.05. The number of benzene rings is 1. The molecule has 2 nitrogen and oxygen atoms in total. The van der Waals surface area contributed by atoms with Gasteiger partial charge in [-0.2, -0.15) is 0 Å². The number of hydrogen-bond acceptors (Lipinski definition) is 2. The van der Waals surface area contributed by atoms with Crippen LogP contribution in [0.2, 0.25) is 0 Å². The summed E-state index contributed by atoms with van der Waals surface area (Å²) in [4.78, 5) is 14.1. The molecule has 0 aromatic heterocycles. The first-order chi connectivity index (χ1) is 7.24. The topological polar surface area (TPSA) is 20.3 Å². The van der Waals surface area contributed by atoms with Crippen LogP contribution in [0.1, 0.15) is 35.7 Å². The van der Waals surface area contributed by atoms with Crippen molar-refractivity contribution in [3.63, 3.8) is 0 Å². The lowest BCUT2D eigenvalue weighted by Gasteiger charge is -2.21. The Hall–Kier alpha value is -1.31. The number of aryl methyl sites for hydroxylation is 1. The van der Waals surface area contributed by atoms with Gasteiger partial charge in [0, 0.05) is 25.6 Å². The second-order valence-electron chi connectivity index (χ2n) is 4.12. The quantitative estimate of drug-likeness (QED) is 0.699. The molecular weight excluding hydrogens is 186 g/mol. The van der Waals surface area contributed by atoms with Crippen molar-refractivity contribution in [1.82, 2.24) is 0 Å². The summed E-state index contributed by atoms with van der Waals surface area (Å²) in [5, 5.41) is 0. The van der Waals surface area contributed by atoms with Crippen molar-refractivity contribution in [2.75, 3.05) is 18.5 Å². The largest absolute Gasteiger partial charge is 0.374 e. The van der Waals surface area contributed by atoms with Gasteiger partial charge in [0.25, 0.3) is 0 Å². The summed E-state index contributed by atoms with van der Waals surface area (Å²) >= 11 is 0. The highest BCUT2D eigenvalue weighted by molar-refractivity contribution is 6.02. The molecule has 15 heavy (non-hydrogen) atoms. The lowest BCUT2D eigenvalue weighted by molar-refractivity contribution is 0.0984. The van der Waals surface area contributed by atoms with E-state index < -0.39 is 0 Å². The van der Waals surface area contributed by atoms with E-state index in [-0.39, 0.29) is 0 Å². The van der Waals surface area contributed by atoms with Crippen LogP contribution >= 0.6 is 0 Å². The predicted octanol–water partition coefficient (Wildman–Crippen LogP) is 2.66. The van der Waals surface area contributed by atoms with Gasteiger partial charge in [-0.3, -0.25) is 4.79 Å². The summed E-state index contributed by atoms with van der Waals surface area (Å²) in [6, 6.07) is 6.07. The van der Waals surface area contributed by atoms with E-state index in [0.717, 1.165) is 30.6 Å². The Kier molecular flexibility index (Phi) is 2.76. The van der Waals surface area contributed by atoms with Crippen LogP contribution in [0.5, 0.6) is 0 Å². The highest BCUT2D eigenvalue weighted by Gasteiger charge is 2.20. The van der Waals surface area contributed by atoms with Crippen LogP contribution in [-0.4, -0.2) is 19.4 Å². The second-order valence-corrected chi connectivity index (χ2v) is 4.12. The summed E-state index contributed by atoms with van der Waals surface area (Å²) in [6.07, 6.45) is 2.64. The van der Waals surface area contributed by atoms with E-state index in [1.165, 1.54) is 5.56 Å². The molecule has 0 aliphatic carbocycles. The Morgan fingerprint density at radius 1 is 1.40 bits per heavy atom. The van der Waals surface area contributed by atoms with Gasteiger partial charge < -0.3 is 4.90 Å². The van der Waals surface area contributed by atoms with Crippen molar-refractivity contribution in [2.45, 2.75) is 26.2 Å². The minimum atomic E-state index is 0.296.